The number of likely N-dealkylation sites (tertiary alicyclic amines) is 1. The Kier molecular flexibility index (Phi) is 2.76. The van der Waals surface area contributed by atoms with E-state index in [1.807, 2.05) is 6.07 Å². The first kappa shape index (κ1) is 10.9. The number of amides is 1. The summed E-state index contributed by atoms with van der Waals surface area (Å²) in [6.45, 7) is 1.32. The molecule has 1 amide bonds. The summed E-state index contributed by atoms with van der Waals surface area (Å²) in [5, 5.41) is 3.83. The Balaban J connectivity index is 1.71. The molecule has 3 rings (SSSR count). The average Bonchev–Trinajstić information content (AvgIpc) is 3.09. The van der Waals surface area contributed by atoms with Crippen LogP contribution in [0.15, 0.2) is 35.3 Å². The van der Waals surface area contributed by atoms with Crippen LogP contribution in [0.5, 0.6) is 0 Å². The molecule has 0 spiro atoms. The van der Waals surface area contributed by atoms with Gasteiger partial charge in [-0.15, -0.1) is 0 Å². The van der Waals surface area contributed by atoms with Crippen molar-refractivity contribution >= 4 is 5.91 Å². The van der Waals surface area contributed by atoms with E-state index >= 15 is 0 Å². The molecule has 2 aromatic rings. The zero-order chi connectivity index (χ0) is 12.4. The normalized spacial score (nSPS) is 19.1. The number of aromatic nitrogens is 3. The number of carbonyl (C=O) groups is 1. The SMILES string of the molecule is O=C(c1ccccn1)N1CC[C@@H](c2ncon2)C1. The van der Waals surface area contributed by atoms with E-state index in [9.17, 15) is 4.79 Å². The van der Waals surface area contributed by atoms with Crippen LogP contribution in [0.4, 0.5) is 0 Å². The van der Waals surface area contributed by atoms with Crippen molar-refractivity contribution in [2.45, 2.75) is 12.3 Å². The van der Waals surface area contributed by atoms with Gasteiger partial charge in [0.15, 0.2) is 5.82 Å². The fourth-order valence-corrected chi connectivity index (χ4v) is 2.17. The first-order valence-corrected chi connectivity index (χ1v) is 5.81. The average molecular weight is 244 g/mol. The molecule has 92 valence electrons. The maximum atomic E-state index is 12.2. The number of hydrogen-bond acceptors (Lipinski definition) is 5. The molecule has 0 N–H and O–H groups in total. The summed E-state index contributed by atoms with van der Waals surface area (Å²) in [5.74, 6) is 0.796. The lowest BCUT2D eigenvalue weighted by molar-refractivity contribution is 0.0784. The molecule has 1 aliphatic heterocycles. The lowest BCUT2D eigenvalue weighted by Gasteiger charge is -2.14. The van der Waals surface area contributed by atoms with E-state index in [1.165, 1.54) is 6.39 Å². The molecule has 3 heterocycles. The molecule has 1 atom stereocenters. The molecule has 2 aromatic heterocycles. The molecular formula is C12H12N4O2. The van der Waals surface area contributed by atoms with Gasteiger partial charge in [-0.3, -0.25) is 9.78 Å². The Labute approximate surface area is 104 Å². The summed E-state index contributed by atoms with van der Waals surface area (Å²) in [7, 11) is 0. The molecular weight excluding hydrogens is 232 g/mol. The summed E-state index contributed by atoms with van der Waals surface area (Å²) in [4.78, 5) is 22.0. The van der Waals surface area contributed by atoms with Crippen molar-refractivity contribution in [3.63, 3.8) is 0 Å². The van der Waals surface area contributed by atoms with Crippen molar-refractivity contribution in [1.29, 1.82) is 0 Å². The van der Waals surface area contributed by atoms with Gasteiger partial charge in [0, 0.05) is 25.2 Å². The summed E-state index contributed by atoms with van der Waals surface area (Å²) in [5.41, 5.74) is 0.478. The van der Waals surface area contributed by atoms with E-state index in [0.29, 0.717) is 24.6 Å². The van der Waals surface area contributed by atoms with Crippen molar-refractivity contribution in [2.24, 2.45) is 0 Å². The van der Waals surface area contributed by atoms with Crippen LogP contribution in [-0.4, -0.2) is 39.0 Å². The lowest BCUT2D eigenvalue weighted by atomic mass is 10.1. The number of nitrogens with zero attached hydrogens (tertiary/aromatic N) is 4. The summed E-state index contributed by atoms with van der Waals surface area (Å²) >= 11 is 0. The third kappa shape index (κ3) is 1.97. The number of carbonyl (C=O) groups excluding carboxylic acids is 1. The molecule has 6 heteroatoms. The third-order valence-electron chi connectivity index (χ3n) is 3.10. The molecule has 0 radical (unpaired) electrons. The van der Waals surface area contributed by atoms with Gasteiger partial charge in [0.2, 0.25) is 6.39 Å². The second kappa shape index (κ2) is 4.56. The molecule has 0 saturated carbocycles. The predicted molar refractivity (Wildman–Crippen MR) is 61.8 cm³/mol. The van der Waals surface area contributed by atoms with Crippen LogP contribution >= 0.6 is 0 Å². The second-order valence-electron chi connectivity index (χ2n) is 4.24. The highest BCUT2D eigenvalue weighted by Crippen LogP contribution is 2.25. The van der Waals surface area contributed by atoms with Gasteiger partial charge >= 0.3 is 0 Å². The summed E-state index contributed by atoms with van der Waals surface area (Å²) in [6.07, 6.45) is 3.80. The van der Waals surface area contributed by atoms with Crippen molar-refractivity contribution in [3.8, 4) is 0 Å². The Bertz CT molecular complexity index is 526. The number of pyridine rings is 1. The molecule has 0 unspecified atom stereocenters. The van der Waals surface area contributed by atoms with Gasteiger partial charge in [0.25, 0.3) is 5.91 Å². The van der Waals surface area contributed by atoms with Crippen molar-refractivity contribution in [1.82, 2.24) is 20.0 Å². The van der Waals surface area contributed by atoms with E-state index in [4.69, 9.17) is 4.52 Å². The standard InChI is InChI=1S/C12H12N4O2/c17-12(10-3-1-2-5-13-10)16-6-4-9(7-16)11-14-8-18-15-11/h1-3,5,8-9H,4,6-7H2/t9-/m1/s1. The maximum absolute atomic E-state index is 12.2. The van der Waals surface area contributed by atoms with E-state index in [2.05, 4.69) is 15.1 Å². The zero-order valence-corrected chi connectivity index (χ0v) is 9.69. The highest BCUT2D eigenvalue weighted by Gasteiger charge is 2.30. The molecule has 0 aromatic carbocycles. The molecule has 1 fully saturated rings. The first-order valence-electron chi connectivity index (χ1n) is 5.81. The number of hydrogen-bond donors (Lipinski definition) is 0. The van der Waals surface area contributed by atoms with Gasteiger partial charge in [-0.05, 0) is 18.6 Å². The Morgan fingerprint density at radius 2 is 2.33 bits per heavy atom. The van der Waals surface area contributed by atoms with Gasteiger partial charge < -0.3 is 9.42 Å². The van der Waals surface area contributed by atoms with Gasteiger partial charge in [0.05, 0.1) is 0 Å². The Morgan fingerprint density at radius 3 is 3.06 bits per heavy atom. The van der Waals surface area contributed by atoms with E-state index < -0.39 is 0 Å². The molecule has 1 aliphatic rings. The summed E-state index contributed by atoms with van der Waals surface area (Å²) in [6, 6.07) is 5.33. The first-order chi connectivity index (χ1) is 8.84. The third-order valence-corrected chi connectivity index (χ3v) is 3.10. The van der Waals surface area contributed by atoms with Crippen molar-refractivity contribution in [3.05, 3.63) is 42.3 Å². The van der Waals surface area contributed by atoms with Crippen molar-refractivity contribution in [2.75, 3.05) is 13.1 Å². The Hall–Kier alpha value is -2.24. The van der Waals surface area contributed by atoms with Gasteiger partial charge in [-0.2, -0.15) is 4.98 Å². The second-order valence-corrected chi connectivity index (χ2v) is 4.24. The quantitative estimate of drug-likeness (QED) is 0.790. The molecule has 0 bridgehead atoms. The minimum absolute atomic E-state index is 0.0402. The van der Waals surface area contributed by atoms with Gasteiger partial charge in [0.1, 0.15) is 5.69 Å². The molecule has 18 heavy (non-hydrogen) atoms. The highest BCUT2D eigenvalue weighted by molar-refractivity contribution is 5.92. The monoisotopic (exact) mass is 244 g/mol. The van der Waals surface area contributed by atoms with Crippen LogP contribution in [0, 0.1) is 0 Å². The van der Waals surface area contributed by atoms with Crippen LogP contribution in [0.1, 0.15) is 28.7 Å². The smallest absolute Gasteiger partial charge is 0.272 e. The highest BCUT2D eigenvalue weighted by atomic mass is 16.5. The molecule has 0 aliphatic carbocycles. The van der Waals surface area contributed by atoms with E-state index in [0.717, 1.165) is 6.42 Å². The van der Waals surface area contributed by atoms with E-state index in [-0.39, 0.29) is 11.8 Å². The fourth-order valence-electron chi connectivity index (χ4n) is 2.17. The zero-order valence-electron chi connectivity index (χ0n) is 9.69. The number of rotatable bonds is 2. The maximum Gasteiger partial charge on any atom is 0.272 e. The van der Waals surface area contributed by atoms with Gasteiger partial charge in [-0.1, -0.05) is 11.2 Å². The lowest BCUT2D eigenvalue weighted by Crippen LogP contribution is -2.29. The van der Waals surface area contributed by atoms with Crippen LogP contribution in [0.25, 0.3) is 0 Å². The van der Waals surface area contributed by atoms with Crippen LogP contribution in [0.2, 0.25) is 0 Å². The Morgan fingerprint density at radius 1 is 1.39 bits per heavy atom. The van der Waals surface area contributed by atoms with Gasteiger partial charge in [-0.25, -0.2) is 0 Å². The minimum atomic E-state index is -0.0402. The van der Waals surface area contributed by atoms with Crippen molar-refractivity contribution < 1.29 is 9.32 Å². The van der Waals surface area contributed by atoms with E-state index in [1.54, 1.807) is 23.2 Å². The molecule has 1 saturated heterocycles. The predicted octanol–water partition coefficient (Wildman–Crippen LogP) is 1.09. The summed E-state index contributed by atoms with van der Waals surface area (Å²) < 4.78 is 4.73. The van der Waals surface area contributed by atoms with Crippen LogP contribution in [0.3, 0.4) is 0 Å². The minimum Gasteiger partial charge on any atom is -0.343 e. The fraction of sp³-hybridized carbons (Fsp3) is 0.333. The topological polar surface area (TPSA) is 72.1 Å². The largest absolute Gasteiger partial charge is 0.343 e. The molecule has 6 nitrogen and oxygen atoms in total. The van der Waals surface area contributed by atoms with Crippen LogP contribution in [-0.2, 0) is 0 Å². The van der Waals surface area contributed by atoms with Crippen LogP contribution < -0.4 is 0 Å².